The van der Waals surface area contributed by atoms with Crippen LogP contribution in [0, 0.1) is 0 Å². The number of benzene rings is 1. The van der Waals surface area contributed by atoms with Crippen molar-refractivity contribution in [2.45, 2.75) is 6.10 Å². The van der Waals surface area contributed by atoms with Crippen LogP contribution in [0.3, 0.4) is 0 Å². The second-order valence-electron chi connectivity index (χ2n) is 3.50. The molecule has 1 aromatic carbocycles. The van der Waals surface area contributed by atoms with Crippen molar-refractivity contribution < 1.29 is 19.5 Å². The van der Waals surface area contributed by atoms with E-state index in [1.165, 1.54) is 0 Å². The third kappa shape index (κ3) is 2.83. The number of hydrogen-bond donors (Lipinski definition) is 2. The lowest BCUT2D eigenvalue weighted by Gasteiger charge is -2.10. The van der Waals surface area contributed by atoms with Gasteiger partial charge in [-0.3, -0.25) is 0 Å². The predicted octanol–water partition coefficient (Wildman–Crippen LogP) is 1.07. The van der Waals surface area contributed by atoms with Crippen LogP contribution in [0.2, 0.25) is 0 Å². The van der Waals surface area contributed by atoms with Gasteiger partial charge in [0, 0.05) is 11.6 Å². The number of aromatic nitrogens is 1. The Hall–Kier alpha value is -1.85. The summed E-state index contributed by atoms with van der Waals surface area (Å²) in [6.45, 7) is -0.548. The average Bonchev–Trinajstić information content (AvgIpc) is 2.85. The first-order chi connectivity index (χ1) is 8.33. The van der Waals surface area contributed by atoms with Crippen molar-refractivity contribution in [1.82, 2.24) is 5.16 Å². The average molecular weight is 235 g/mol. The van der Waals surface area contributed by atoms with Crippen LogP contribution in [0.4, 0.5) is 0 Å². The topological polar surface area (TPSA) is 75.7 Å². The zero-order chi connectivity index (χ0) is 12.1. The SMILES string of the molecule is OCC(CO)Oc1cc(-c2ccccc2)on1. The molecule has 0 aliphatic rings. The highest BCUT2D eigenvalue weighted by molar-refractivity contribution is 5.57. The number of aliphatic hydroxyl groups is 2. The van der Waals surface area contributed by atoms with Crippen LogP contribution in [-0.4, -0.2) is 34.7 Å². The van der Waals surface area contributed by atoms with E-state index >= 15 is 0 Å². The molecule has 0 saturated carbocycles. The molecule has 5 heteroatoms. The van der Waals surface area contributed by atoms with Crippen molar-refractivity contribution in [2.75, 3.05) is 13.2 Å². The molecule has 0 radical (unpaired) electrons. The molecule has 5 nitrogen and oxygen atoms in total. The Labute approximate surface area is 98.3 Å². The summed E-state index contributed by atoms with van der Waals surface area (Å²) in [4.78, 5) is 0. The van der Waals surface area contributed by atoms with Crippen LogP contribution >= 0.6 is 0 Å². The van der Waals surface area contributed by atoms with Gasteiger partial charge in [0.1, 0.15) is 6.10 Å². The van der Waals surface area contributed by atoms with E-state index in [1.54, 1.807) is 6.07 Å². The Morgan fingerprint density at radius 1 is 1.18 bits per heavy atom. The van der Waals surface area contributed by atoms with Gasteiger partial charge >= 0.3 is 0 Å². The number of rotatable bonds is 5. The Balaban J connectivity index is 2.11. The predicted molar refractivity (Wildman–Crippen MR) is 60.5 cm³/mol. The standard InChI is InChI=1S/C12H13NO4/c14-7-10(8-15)16-12-6-11(17-13-12)9-4-2-1-3-5-9/h1-6,10,14-15H,7-8H2. The minimum absolute atomic E-state index is 0.247. The van der Waals surface area contributed by atoms with Gasteiger partial charge in [0.25, 0.3) is 5.88 Å². The van der Waals surface area contributed by atoms with Gasteiger partial charge in [-0.15, -0.1) is 0 Å². The molecule has 2 N–H and O–H groups in total. The maximum absolute atomic E-state index is 8.87. The monoisotopic (exact) mass is 235 g/mol. The first kappa shape index (κ1) is 11.6. The van der Waals surface area contributed by atoms with Gasteiger partial charge in [-0.05, 0) is 5.16 Å². The van der Waals surface area contributed by atoms with Gasteiger partial charge in [-0.25, -0.2) is 0 Å². The van der Waals surface area contributed by atoms with Crippen molar-refractivity contribution in [3.8, 4) is 17.2 Å². The number of hydrogen-bond acceptors (Lipinski definition) is 5. The Kier molecular flexibility index (Phi) is 3.74. The minimum Gasteiger partial charge on any atom is -0.467 e. The summed E-state index contributed by atoms with van der Waals surface area (Å²) < 4.78 is 10.3. The van der Waals surface area contributed by atoms with Gasteiger partial charge < -0.3 is 19.5 Å². The molecule has 90 valence electrons. The van der Waals surface area contributed by atoms with E-state index in [0.717, 1.165) is 5.56 Å². The number of aliphatic hydroxyl groups excluding tert-OH is 2. The highest BCUT2D eigenvalue weighted by Crippen LogP contribution is 2.23. The fourth-order valence-electron chi connectivity index (χ4n) is 1.36. The van der Waals surface area contributed by atoms with Crippen LogP contribution in [0.15, 0.2) is 40.9 Å². The zero-order valence-corrected chi connectivity index (χ0v) is 9.11. The van der Waals surface area contributed by atoms with Crippen LogP contribution in [0.25, 0.3) is 11.3 Å². The third-order valence-electron chi connectivity index (χ3n) is 2.24. The highest BCUT2D eigenvalue weighted by Gasteiger charge is 2.12. The van der Waals surface area contributed by atoms with Crippen LogP contribution in [-0.2, 0) is 0 Å². The molecule has 0 aliphatic carbocycles. The van der Waals surface area contributed by atoms with Crippen molar-refractivity contribution in [3.63, 3.8) is 0 Å². The van der Waals surface area contributed by atoms with E-state index in [2.05, 4.69) is 5.16 Å². The highest BCUT2D eigenvalue weighted by atomic mass is 16.6. The Morgan fingerprint density at radius 3 is 2.53 bits per heavy atom. The smallest absolute Gasteiger partial charge is 0.255 e. The normalized spacial score (nSPS) is 10.8. The second kappa shape index (κ2) is 5.47. The molecule has 0 spiro atoms. The van der Waals surface area contributed by atoms with Gasteiger partial charge in [0.05, 0.1) is 13.2 Å². The van der Waals surface area contributed by atoms with E-state index in [0.29, 0.717) is 5.76 Å². The lowest BCUT2D eigenvalue weighted by atomic mass is 10.2. The molecule has 1 heterocycles. The quantitative estimate of drug-likeness (QED) is 0.810. The number of ether oxygens (including phenoxy) is 1. The first-order valence-electron chi connectivity index (χ1n) is 5.24. The molecule has 0 atom stereocenters. The van der Waals surface area contributed by atoms with Gasteiger partial charge in [0.15, 0.2) is 5.76 Å². The molecule has 2 rings (SSSR count). The molecule has 0 amide bonds. The molecular formula is C12H13NO4. The summed E-state index contributed by atoms with van der Waals surface area (Å²) in [6.07, 6.45) is -0.677. The lowest BCUT2D eigenvalue weighted by Crippen LogP contribution is -2.25. The lowest BCUT2D eigenvalue weighted by molar-refractivity contribution is 0.0571. The second-order valence-corrected chi connectivity index (χ2v) is 3.50. The molecule has 0 fully saturated rings. The minimum atomic E-state index is -0.677. The molecule has 0 bridgehead atoms. The third-order valence-corrected chi connectivity index (χ3v) is 2.24. The van der Waals surface area contributed by atoms with Crippen molar-refractivity contribution in [1.29, 1.82) is 0 Å². The Bertz CT molecular complexity index is 451. The zero-order valence-electron chi connectivity index (χ0n) is 9.11. The molecule has 1 aromatic heterocycles. The molecule has 0 saturated heterocycles. The number of nitrogens with zero attached hydrogens (tertiary/aromatic N) is 1. The van der Waals surface area contributed by atoms with Crippen molar-refractivity contribution in [3.05, 3.63) is 36.4 Å². The summed E-state index contributed by atoms with van der Waals surface area (Å²) in [6, 6.07) is 11.1. The van der Waals surface area contributed by atoms with Crippen molar-refractivity contribution >= 4 is 0 Å². The summed E-state index contributed by atoms with van der Waals surface area (Å²) in [7, 11) is 0. The maximum atomic E-state index is 8.87. The van der Waals surface area contributed by atoms with E-state index in [9.17, 15) is 0 Å². The van der Waals surface area contributed by atoms with Gasteiger partial charge in [-0.2, -0.15) is 0 Å². The largest absolute Gasteiger partial charge is 0.467 e. The fraction of sp³-hybridized carbons (Fsp3) is 0.250. The van der Waals surface area contributed by atoms with E-state index in [1.807, 2.05) is 30.3 Å². The van der Waals surface area contributed by atoms with Gasteiger partial charge in [-0.1, -0.05) is 30.3 Å². The first-order valence-corrected chi connectivity index (χ1v) is 5.24. The molecular weight excluding hydrogens is 222 g/mol. The van der Waals surface area contributed by atoms with Gasteiger partial charge in [0.2, 0.25) is 0 Å². The molecule has 2 aromatic rings. The summed E-state index contributed by atoms with van der Waals surface area (Å²) in [5.74, 6) is 0.826. The van der Waals surface area contributed by atoms with E-state index < -0.39 is 6.10 Å². The molecule has 0 unspecified atom stereocenters. The van der Waals surface area contributed by atoms with Crippen LogP contribution in [0.1, 0.15) is 0 Å². The van der Waals surface area contributed by atoms with Crippen molar-refractivity contribution in [2.24, 2.45) is 0 Å². The molecule has 17 heavy (non-hydrogen) atoms. The summed E-state index contributed by atoms with van der Waals surface area (Å²) in [5, 5.41) is 21.4. The molecule has 0 aliphatic heterocycles. The summed E-state index contributed by atoms with van der Waals surface area (Å²) >= 11 is 0. The Morgan fingerprint density at radius 2 is 1.88 bits per heavy atom. The van der Waals surface area contributed by atoms with Crippen LogP contribution in [0.5, 0.6) is 5.88 Å². The van der Waals surface area contributed by atoms with E-state index in [-0.39, 0.29) is 19.1 Å². The van der Waals surface area contributed by atoms with E-state index in [4.69, 9.17) is 19.5 Å². The summed E-state index contributed by atoms with van der Waals surface area (Å²) in [5.41, 5.74) is 0.888. The fourth-order valence-corrected chi connectivity index (χ4v) is 1.36. The maximum Gasteiger partial charge on any atom is 0.255 e. The van der Waals surface area contributed by atoms with Crippen LogP contribution < -0.4 is 4.74 Å².